The average Bonchev–Trinajstić information content (AvgIpc) is 2.69. The number of methoxy groups -OCH3 is 1. The number of phenolic OH excluding ortho intramolecular Hbond substituents is 1. The second-order valence-electron chi connectivity index (χ2n) is 7.62. The van der Waals surface area contributed by atoms with Crippen molar-refractivity contribution in [3.63, 3.8) is 0 Å². The minimum Gasteiger partial charge on any atom is -0.507 e. The maximum atomic E-state index is 12.8. The molecular weight excluding hydrogens is 376 g/mol. The number of aliphatic hydroxyl groups excluding tert-OH is 1. The van der Waals surface area contributed by atoms with Crippen LogP contribution in [0.2, 0.25) is 0 Å². The van der Waals surface area contributed by atoms with Gasteiger partial charge >= 0.3 is 11.9 Å². The predicted octanol–water partition coefficient (Wildman–Crippen LogP) is 2.67. The van der Waals surface area contributed by atoms with E-state index in [1.54, 1.807) is 18.2 Å². The minimum absolute atomic E-state index is 0.0907. The van der Waals surface area contributed by atoms with Crippen molar-refractivity contribution in [1.82, 2.24) is 0 Å². The van der Waals surface area contributed by atoms with E-state index in [2.05, 4.69) is 4.74 Å². The predicted molar refractivity (Wildman–Crippen MR) is 105 cm³/mol. The molecule has 2 heterocycles. The molecule has 4 atom stereocenters. The Morgan fingerprint density at radius 1 is 1.24 bits per heavy atom. The average molecular weight is 404 g/mol. The fourth-order valence-corrected chi connectivity index (χ4v) is 4.00. The number of carbonyl (C=O) groups is 2. The third-order valence-corrected chi connectivity index (χ3v) is 5.46. The molecule has 1 aromatic carbocycles. The highest BCUT2D eigenvalue weighted by atomic mass is 16.5. The van der Waals surface area contributed by atoms with Gasteiger partial charge in [0.2, 0.25) is 0 Å². The number of aryl methyl sites for hydroxylation is 1. The lowest BCUT2D eigenvalue weighted by Crippen LogP contribution is -2.37. The van der Waals surface area contributed by atoms with Gasteiger partial charge in [0.1, 0.15) is 17.4 Å². The molecule has 7 heteroatoms. The zero-order valence-electron chi connectivity index (χ0n) is 16.6. The summed E-state index contributed by atoms with van der Waals surface area (Å²) in [6.07, 6.45) is 5.63. The highest BCUT2D eigenvalue weighted by Crippen LogP contribution is 2.30. The first-order valence-corrected chi connectivity index (χ1v) is 10.1. The molecule has 0 spiro atoms. The van der Waals surface area contributed by atoms with Crippen LogP contribution in [0.25, 0.3) is 0 Å². The maximum absolute atomic E-state index is 12.8. The largest absolute Gasteiger partial charge is 0.507 e. The van der Waals surface area contributed by atoms with Crippen LogP contribution in [0.1, 0.15) is 54.4 Å². The summed E-state index contributed by atoms with van der Waals surface area (Å²) in [5.74, 6) is -1.16. The number of rotatable bonds is 3. The van der Waals surface area contributed by atoms with E-state index in [1.807, 2.05) is 0 Å². The molecule has 2 aliphatic rings. The summed E-state index contributed by atoms with van der Waals surface area (Å²) < 4.78 is 16.4. The minimum atomic E-state index is -0.568. The molecule has 0 aliphatic carbocycles. The highest BCUT2D eigenvalue weighted by Gasteiger charge is 2.31. The van der Waals surface area contributed by atoms with Crippen LogP contribution in [0.4, 0.5) is 0 Å². The number of hydrogen-bond acceptors (Lipinski definition) is 7. The van der Waals surface area contributed by atoms with Crippen LogP contribution in [0.5, 0.6) is 5.75 Å². The van der Waals surface area contributed by atoms with Crippen LogP contribution in [0, 0.1) is 0 Å². The van der Waals surface area contributed by atoms with E-state index in [0.29, 0.717) is 50.5 Å². The second kappa shape index (κ2) is 9.89. The zero-order chi connectivity index (χ0) is 20.8. The van der Waals surface area contributed by atoms with E-state index in [0.717, 1.165) is 0 Å². The Morgan fingerprint density at radius 3 is 2.76 bits per heavy atom. The molecule has 2 bridgehead atoms. The zero-order valence-corrected chi connectivity index (χ0v) is 16.6. The molecule has 2 aliphatic heterocycles. The fraction of sp³-hybridized carbons (Fsp3) is 0.545. The SMILES string of the molecule is COC(=O)C=CCC1CC[C@H]2CC(O)CC(CCc3cccc(O)c3C(=O)O1)O2. The normalized spacial score (nSPS) is 28.0. The lowest BCUT2D eigenvalue weighted by atomic mass is 9.92. The Kier molecular flexibility index (Phi) is 7.28. The Hall–Kier alpha value is -2.38. The van der Waals surface area contributed by atoms with E-state index < -0.39 is 24.1 Å². The standard InChI is InChI=1S/C22H28O7/c1-27-20(25)7-3-5-16-10-11-18-13-15(23)12-17(28-18)9-8-14-4-2-6-19(24)21(14)22(26)29-16/h2-4,6-7,15-18,23-24H,5,8-13H2,1H3/t15?,16?,17?,18-/m0/s1. The molecule has 3 rings (SSSR count). The number of ether oxygens (including phenoxy) is 3. The number of aliphatic hydroxyl groups is 1. The molecule has 29 heavy (non-hydrogen) atoms. The maximum Gasteiger partial charge on any atom is 0.342 e. The number of benzene rings is 1. The Labute approximate surface area is 170 Å². The van der Waals surface area contributed by atoms with Crippen molar-refractivity contribution in [1.29, 1.82) is 0 Å². The molecule has 1 aromatic rings. The van der Waals surface area contributed by atoms with Gasteiger partial charge in [-0.25, -0.2) is 9.59 Å². The molecular formula is C22H28O7. The lowest BCUT2D eigenvalue weighted by molar-refractivity contribution is -0.134. The Morgan fingerprint density at radius 2 is 2.00 bits per heavy atom. The van der Waals surface area contributed by atoms with Gasteiger partial charge < -0.3 is 24.4 Å². The third kappa shape index (κ3) is 5.81. The van der Waals surface area contributed by atoms with Crippen molar-refractivity contribution in [3.8, 4) is 5.75 Å². The van der Waals surface area contributed by atoms with E-state index >= 15 is 0 Å². The first-order valence-electron chi connectivity index (χ1n) is 10.1. The van der Waals surface area contributed by atoms with Crippen LogP contribution in [0.3, 0.4) is 0 Å². The van der Waals surface area contributed by atoms with Crippen LogP contribution in [-0.4, -0.2) is 53.7 Å². The molecule has 158 valence electrons. The van der Waals surface area contributed by atoms with Gasteiger partial charge in [-0.1, -0.05) is 18.2 Å². The Bertz CT molecular complexity index is 758. The summed E-state index contributed by atoms with van der Waals surface area (Å²) in [4.78, 5) is 24.1. The van der Waals surface area contributed by atoms with Gasteiger partial charge in [-0.3, -0.25) is 0 Å². The second-order valence-corrected chi connectivity index (χ2v) is 7.62. The number of carbonyl (C=O) groups excluding carboxylic acids is 2. The van der Waals surface area contributed by atoms with Crippen molar-refractivity contribution < 1.29 is 34.0 Å². The molecule has 7 nitrogen and oxygen atoms in total. The van der Waals surface area contributed by atoms with Crippen LogP contribution in [-0.2, 0) is 25.4 Å². The van der Waals surface area contributed by atoms with Gasteiger partial charge in [-0.15, -0.1) is 0 Å². The number of cyclic esters (lactones) is 1. The summed E-state index contributed by atoms with van der Waals surface area (Å²) in [5, 5.41) is 20.5. The van der Waals surface area contributed by atoms with Gasteiger partial charge in [0, 0.05) is 12.5 Å². The smallest absolute Gasteiger partial charge is 0.342 e. The number of esters is 2. The van der Waals surface area contributed by atoms with E-state index in [-0.39, 0.29) is 23.5 Å². The molecule has 1 fully saturated rings. The first-order chi connectivity index (χ1) is 14.0. The van der Waals surface area contributed by atoms with E-state index in [9.17, 15) is 19.8 Å². The van der Waals surface area contributed by atoms with E-state index in [4.69, 9.17) is 9.47 Å². The molecule has 1 saturated heterocycles. The summed E-state index contributed by atoms with van der Waals surface area (Å²) in [6.45, 7) is 0. The summed E-state index contributed by atoms with van der Waals surface area (Å²) in [5.41, 5.74) is 0.863. The lowest BCUT2D eigenvalue weighted by Gasteiger charge is -2.34. The third-order valence-electron chi connectivity index (χ3n) is 5.46. The highest BCUT2D eigenvalue weighted by molar-refractivity contribution is 5.94. The van der Waals surface area contributed by atoms with Gasteiger partial charge in [-0.2, -0.15) is 0 Å². The van der Waals surface area contributed by atoms with Gasteiger partial charge in [0.15, 0.2) is 0 Å². The van der Waals surface area contributed by atoms with Crippen molar-refractivity contribution in [3.05, 3.63) is 41.5 Å². The van der Waals surface area contributed by atoms with Gasteiger partial charge in [0.25, 0.3) is 0 Å². The summed E-state index contributed by atoms with van der Waals surface area (Å²) in [7, 11) is 1.30. The van der Waals surface area contributed by atoms with Crippen molar-refractivity contribution in [2.75, 3.05) is 7.11 Å². The summed E-state index contributed by atoms with van der Waals surface area (Å²) >= 11 is 0. The van der Waals surface area contributed by atoms with Crippen LogP contribution >= 0.6 is 0 Å². The molecule has 0 radical (unpaired) electrons. The van der Waals surface area contributed by atoms with E-state index in [1.165, 1.54) is 19.3 Å². The van der Waals surface area contributed by atoms with Gasteiger partial charge in [0.05, 0.1) is 25.4 Å². The van der Waals surface area contributed by atoms with Crippen molar-refractivity contribution >= 4 is 11.9 Å². The monoisotopic (exact) mass is 404 g/mol. The molecule has 0 aromatic heterocycles. The van der Waals surface area contributed by atoms with Crippen LogP contribution in [0.15, 0.2) is 30.4 Å². The number of fused-ring (bicyclic) bond motifs is 3. The molecule has 3 unspecified atom stereocenters. The molecule has 2 N–H and O–H groups in total. The number of aromatic hydroxyl groups is 1. The summed E-state index contributed by atoms with van der Waals surface area (Å²) in [6, 6.07) is 4.96. The number of hydrogen-bond donors (Lipinski definition) is 2. The molecule has 0 saturated carbocycles. The van der Waals surface area contributed by atoms with Crippen LogP contribution < -0.4 is 0 Å². The topological polar surface area (TPSA) is 102 Å². The number of phenols is 1. The van der Waals surface area contributed by atoms with Crippen molar-refractivity contribution in [2.24, 2.45) is 0 Å². The van der Waals surface area contributed by atoms with Crippen molar-refractivity contribution in [2.45, 2.75) is 69.4 Å². The molecule has 0 amide bonds. The van der Waals surface area contributed by atoms with Gasteiger partial charge in [-0.05, 0) is 50.2 Å². The fourth-order valence-electron chi connectivity index (χ4n) is 4.00. The Balaban J connectivity index is 1.84. The quantitative estimate of drug-likeness (QED) is 0.590. The first kappa shape index (κ1) is 21.3.